The minimum atomic E-state index is -0.0875. The van der Waals surface area contributed by atoms with Crippen LogP contribution in [0.5, 0.6) is 5.75 Å². The molecule has 1 fully saturated rings. The molecule has 0 saturated heterocycles. The Hall–Kier alpha value is -1.71. The lowest BCUT2D eigenvalue weighted by Crippen LogP contribution is -2.25. The van der Waals surface area contributed by atoms with Gasteiger partial charge in [-0.25, -0.2) is 0 Å². The number of benzene rings is 1. The highest BCUT2D eigenvalue weighted by atomic mass is 16.5. The van der Waals surface area contributed by atoms with Crippen molar-refractivity contribution in [2.75, 3.05) is 17.2 Å². The Kier molecular flexibility index (Phi) is 2.63. The summed E-state index contributed by atoms with van der Waals surface area (Å²) < 4.78 is 5.32. The SMILES string of the molecule is O=C1COc2ccc(NC3CCCC3)cc2N1. The molecule has 1 heterocycles. The van der Waals surface area contributed by atoms with Crippen LogP contribution in [0.4, 0.5) is 11.4 Å². The third kappa shape index (κ3) is 2.20. The van der Waals surface area contributed by atoms with Crippen molar-refractivity contribution in [1.29, 1.82) is 0 Å². The van der Waals surface area contributed by atoms with Crippen LogP contribution in [0, 0.1) is 0 Å². The number of fused-ring (bicyclic) bond motifs is 1. The number of ether oxygens (including phenoxy) is 1. The number of rotatable bonds is 2. The van der Waals surface area contributed by atoms with Gasteiger partial charge in [0.05, 0.1) is 5.69 Å². The van der Waals surface area contributed by atoms with Gasteiger partial charge in [-0.05, 0) is 31.0 Å². The van der Waals surface area contributed by atoms with E-state index in [1.165, 1.54) is 25.7 Å². The van der Waals surface area contributed by atoms with Crippen molar-refractivity contribution < 1.29 is 9.53 Å². The Morgan fingerprint density at radius 1 is 1.29 bits per heavy atom. The van der Waals surface area contributed by atoms with Gasteiger partial charge in [-0.15, -0.1) is 0 Å². The maximum Gasteiger partial charge on any atom is 0.262 e. The Bertz CT molecular complexity index is 439. The number of carbonyl (C=O) groups excluding carboxylic acids is 1. The van der Waals surface area contributed by atoms with Gasteiger partial charge in [0.2, 0.25) is 0 Å². The summed E-state index contributed by atoms with van der Waals surface area (Å²) in [5.74, 6) is 0.664. The van der Waals surface area contributed by atoms with Gasteiger partial charge in [0.15, 0.2) is 6.61 Å². The van der Waals surface area contributed by atoms with E-state index >= 15 is 0 Å². The highest BCUT2D eigenvalue weighted by Gasteiger charge is 2.18. The second-order valence-electron chi connectivity index (χ2n) is 4.67. The van der Waals surface area contributed by atoms with Gasteiger partial charge >= 0.3 is 0 Å². The van der Waals surface area contributed by atoms with Gasteiger partial charge in [0, 0.05) is 11.7 Å². The lowest BCUT2D eigenvalue weighted by Gasteiger charge is -2.20. The minimum absolute atomic E-state index is 0.0875. The zero-order chi connectivity index (χ0) is 11.7. The van der Waals surface area contributed by atoms with E-state index in [0.717, 1.165) is 17.1 Å². The van der Waals surface area contributed by atoms with Gasteiger partial charge < -0.3 is 15.4 Å². The second kappa shape index (κ2) is 4.28. The maximum absolute atomic E-state index is 11.2. The molecule has 4 heteroatoms. The van der Waals surface area contributed by atoms with Crippen molar-refractivity contribution in [3.8, 4) is 5.75 Å². The molecule has 1 saturated carbocycles. The molecule has 90 valence electrons. The number of hydrogen-bond donors (Lipinski definition) is 2. The molecule has 1 aromatic carbocycles. The van der Waals surface area contributed by atoms with E-state index in [9.17, 15) is 4.79 Å². The van der Waals surface area contributed by atoms with Crippen LogP contribution in [0.2, 0.25) is 0 Å². The molecule has 3 rings (SSSR count). The van der Waals surface area contributed by atoms with Crippen LogP contribution in [0.3, 0.4) is 0 Å². The van der Waals surface area contributed by atoms with Crippen molar-refractivity contribution in [2.45, 2.75) is 31.7 Å². The van der Waals surface area contributed by atoms with E-state index in [4.69, 9.17) is 4.74 Å². The zero-order valence-electron chi connectivity index (χ0n) is 9.66. The number of anilines is 2. The molecule has 1 aliphatic heterocycles. The summed E-state index contributed by atoms with van der Waals surface area (Å²) in [7, 11) is 0. The lowest BCUT2D eigenvalue weighted by atomic mass is 10.2. The van der Waals surface area contributed by atoms with Gasteiger partial charge in [-0.1, -0.05) is 12.8 Å². The van der Waals surface area contributed by atoms with Gasteiger partial charge in [0.1, 0.15) is 5.75 Å². The summed E-state index contributed by atoms with van der Waals surface area (Å²) in [4.78, 5) is 11.2. The van der Waals surface area contributed by atoms with Crippen molar-refractivity contribution in [2.24, 2.45) is 0 Å². The first kappa shape index (κ1) is 10.4. The predicted octanol–water partition coefficient (Wildman–Crippen LogP) is 2.37. The van der Waals surface area contributed by atoms with Gasteiger partial charge in [0.25, 0.3) is 5.91 Å². The Morgan fingerprint density at radius 2 is 2.12 bits per heavy atom. The van der Waals surface area contributed by atoms with Crippen molar-refractivity contribution >= 4 is 17.3 Å². The zero-order valence-corrected chi connectivity index (χ0v) is 9.66. The summed E-state index contributed by atoms with van der Waals surface area (Å²) in [6, 6.07) is 6.44. The smallest absolute Gasteiger partial charge is 0.262 e. The molecular formula is C13H16N2O2. The van der Waals surface area contributed by atoms with Crippen LogP contribution in [-0.4, -0.2) is 18.6 Å². The quantitative estimate of drug-likeness (QED) is 0.823. The highest BCUT2D eigenvalue weighted by Crippen LogP contribution is 2.31. The van der Waals surface area contributed by atoms with Crippen LogP contribution >= 0.6 is 0 Å². The fourth-order valence-electron chi connectivity index (χ4n) is 2.48. The van der Waals surface area contributed by atoms with Crippen LogP contribution in [0.1, 0.15) is 25.7 Å². The molecule has 0 spiro atoms. The van der Waals surface area contributed by atoms with E-state index in [1.807, 2.05) is 18.2 Å². The summed E-state index contributed by atoms with van der Waals surface area (Å²) in [6.45, 7) is 0.113. The second-order valence-corrected chi connectivity index (χ2v) is 4.67. The van der Waals surface area contributed by atoms with Gasteiger partial charge in [-0.2, -0.15) is 0 Å². The standard InChI is InChI=1S/C13H16N2O2/c16-13-8-17-12-6-5-10(7-11(12)15-13)14-9-3-1-2-4-9/h5-7,9,14H,1-4,8H2,(H,15,16). The molecule has 0 atom stereocenters. The molecule has 1 amide bonds. The largest absolute Gasteiger partial charge is 0.482 e. The van der Waals surface area contributed by atoms with Crippen LogP contribution in [0.25, 0.3) is 0 Å². The molecule has 1 aliphatic carbocycles. The van der Waals surface area contributed by atoms with Crippen molar-refractivity contribution in [1.82, 2.24) is 0 Å². The molecule has 2 N–H and O–H groups in total. The first-order valence-corrected chi connectivity index (χ1v) is 6.14. The first-order chi connectivity index (χ1) is 8.31. The van der Waals surface area contributed by atoms with Crippen molar-refractivity contribution in [3.63, 3.8) is 0 Å². The Morgan fingerprint density at radius 3 is 2.94 bits per heavy atom. The molecule has 0 bridgehead atoms. The maximum atomic E-state index is 11.2. The summed E-state index contributed by atoms with van der Waals surface area (Å²) in [5, 5.41) is 6.32. The summed E-state index contributed by atoms with van der Waals surface area (Å²) in [6.07, 6.45) is 5.09. The van der Waals surface area contributed by atoms with Gasteiger partial charge in [-0.3, -0.25) is 4.79 Å². The monoisotopic (exact) mass is 232 g/mol. The van der Waals surface area contributed by atoms with Crippen LogP contribution in [0.15, 0.2) is 18.2 Å². The van der Waals surface area contributed by atoms with Crippen LogP contribution < -0.4 is 15.4 Å². The normalized spacial score (nSPS) is 19.4. The number of nitrogens with one attached hydrogen (secondary N) is 2. The minimum Gasteiger partial charge on any atom is -0.482 e. The molecule has 0 radical (unpaired) electrons. The van der Waals surface area contributed by atoms with E-state index in [0.29, 0.717) is 6.04 Å². The Labute approximate surface area is 100 Å². The van der Waals surface area contributed by atoms with E-state index in [2.05, 4.69) is 10.6 Å². The first-order valence-electron chi connectivity index (χ1n) is 6.14. The molecule has 1 aromatic rings. The fourth-order valence-corrected chi connectivity index (χ4v) is 2.48. The molecular weight excluding hydrogens is 216 g/mol. The number of carbonyl (C=O) groups is 1. The Balaban J connectivity index is 1.77. The fraction of sp³-hybridized carbons (Fsp3) is 0.462. The lowest BCUT2D eigenvalue weighted by molar-refractivity contribution is -0.118. The predicted molar refractivity (Wildman–Crippen MR) is 66.4 cm³/mol. The van der Waals surface area contributed by atoms with Crippen LogP contribution in [-0.2, 0) is 4.79 Å². The van der Waals surface area contributed by atoms with E-state index in [1.54, 1.807) is 0 Å². The summed E-state index contributed by atoms with van der Waals surface area (Å²) in [5.41, 5.74) is 1.82. The molecule has 2 aliphatic rings. The number of hydrogen-bond acceptors (Lipinski definition) is 3. The average Bonchev–Trinajstić information content (AvgIpc) is 2.81. The highest BCUT2D eigenvalue weighted by molar-refractivity contribution is 5.96. The van der Waals surface area contributed by atoms with Crippen molar-refractivity contribution in [3.05, 3.63) is 18.2 Å². The molecule has 17 heavy (non-hydrogen) atoms. The third-order valence-electron chi connectivity index (χ3n) is 3.34. The topological polar surface area (TPSA) is 50.4 Å². The average molecular weight is 232 g/mol. The molecule has 0 unspecified atom stereocenters. The van der Waals surface area contributed by atoms with E-state index in [-0.39, 0.29) is 12.5 Å². The third-order valence-corrected chi connectivity index (χ3v) is 3.34. The molecule has 0 aromatic heterocycles. The molecule has 4 nitrogen and oxygen atoms in total. The van der Waals surface area contributed by atoms with E-state index < -0.39 is 0 Å². The summed E-state index contributed by atoms with van der Waals surface area (Å²) >= 11 is 0. The number of amides is 1.